The van der Waals surface area contributed by atoms with Crippen LogP contribution in [0.2, 0.25) is 10.0 Å². The fourth-order valence-electron chi connectivity index (χ4n) is 1.60. The summed E-state index contributed by atoms with van der Waals surface area (Å²) in [4.78, 5) is 10.0. The molecule has 0 aliphatic rings. The van der Waals surface area contributed by atoms with Crippen molar-refractivity contribution in [3.63, 3.8) is 0 Å². The quantitative estimate of drug-likeness (QED) is 0.595. The Morgan fingerprint density at radius 1 is 1.38 bits per heavy atom. The SMILES string of the molecule is CCC(COc1c(Cl)cc([N+](=O)[O-])cc1Cl)CS(N)(=O)=O. The average Bonchev–Trinajstić information content (AvgIpc) is 2.34. The second-order valence-electron chi connectivity index (χ2n) is 4.41. The number of nitro groups is 1. The minimum absolute atomic E-state index is 0.0142. The van der Waals surface area contributed by atoms with Gasteiger partial charge in [-0.3, -0.25) is 10.1 Å². The highest BCUT2D eigenvalue weighted by molar-refractivity contribution is 7.89. The molecule has 0 bridgehead atoms. The summed E-state index contributed by atoms with van der Waals surface area (Å²) in [5, 5.41) is 15.6. The summed E-state index contributed by atoms with van der Waals surface area (Å²) in [5.74, 6) is -0.481. The lowest BCUT2D eigenvalue weighted by molar-refractivity contribution is -0.384. The van der Waals surface area contributed by atoms with Crippen molar-refractivity contribution in [1.29, 1.82) is 0 Å². The Hall–Kier alpha value is -1.09. The Kier molecular flexibility index (Phi) is 6.21. The number of nitrogens with two attached hydrogens (primary N) is 1. The Balaban J connectivity index is 2.86. The second kappa shape index (κ2) is 7.26. The first kappa shape index (κ1) is 18.0. The fourth-order valence-corrected chi connectivity index (χ4v) is 3.18. The van der Waals surface area contributed by atoms with Crippen molar-refractivity contribution in [3.05, 3.63) is 32.3 Å². The molecule has 0 saturated carbocycles. The van der Waals surface area contributed by atoms with Gasteiger partial charge in [0.1, 0.15) is 0 Å². The van der Waals surface area contributed by atoms with Gasteiger partial charge < -0.3 is 4.74 Å². The second-order valence-corrected chi connectivity index (χ2v) is 6.88. The van der Waals surface area contributed by atoms with E-state index in [1.807, 2.05) is 0 Å². The molecule has 7 nitrogen and oxygen atoms in total. The number of hydrogen-bond donors (Lipinski definition) is 1. The first-order chi connectivity index (χ1) is 9.64. The van der Waals surface area contributed by atoms with Crippen molar-refractivity contribution in [1.82, 2.24) is 0 Å². The predicted octanol–water partition coefficient (Wildman–Crippen LogP) is 2.60. The molecule has 0 aliphatic carbocycles. The van der Waals surface area contributed by atoms with E-state index >= 15 is 0 Å². The van der Waals surface area contributed by atoms with Crippen molar-refractivity contribution in [2.45, 2.75) is 13.3 Å². The summed E-state index contributed by atoms with van der Waals surface area (Å²) in [6, 6.07) is 2.23. The van der Waals surface area contributed by atoms with Gasteiger partial charge >= 0.3 is 0 Å². The molecular weight excluding hydrogens is 343 g/mol. The molecule has 0 spiro atoms. The lowest BCUT2D eigenvalue weighted by Gasteiger charge is -2.16. The Morgan fingerprint density at radius 2 is 1.90 bits per heavy atom. The number of sulfonamides is 1. The average molecular weight is 357 g/mol. The molecule has 21 heavy (non-hydrogen) atoms. The van der Waals surface area contributed by atoms with Crippen LogP contribution in [-0.2, 0) is 10.0 Å². The number of nitrogens with zero attached hydrogens (tertiary/aromatic N) is 1. The molecule has 0 heterocycles. The summed E-state index contributed by atoms with van der Waals surface area (Å²) in [6.07, 6.45) is 0.526. The van der Waals surface area contributed by atoms with Gasteiger partial charge in [0.2, 0.25) is 10.0 Å². The molecule has 1 rings (SSSR count). The van der Waals surface area contributed by atoms with Gasteiger partial charge in [-0.2, -0.15) is 0 Å². The van der Waals surface area contributed by atoms with Crippen LogP contribution in [0.3, 0.4) is 0 Å². The summed E-state index contributed by atoms with van der Waals surface area (Å²) in [5.41, 5.74) is -0.256. The Labute approximate surface area is 132 Å². The molecule has 2 N–H and O–H groups in total. The normalized spacial score (nSPS) is 13.0. The number of nitro benzene ring substituents is 1. The van der Waals surface area contributed by atoms with Gasteiger partial charge in [-0.05, 0) is 6.42 Å². The number of hydrogen-bond acceptors (Lipinski definition) is 5. The van der Waals surface area contributed by atoms with E-state index in [0.29, 0.717) is 6.42 Å². The topological polar surface area (TPSA) is 113 Å². The number of halogens is 2. The number of ether oxygens (including phenoxy) is 1. The fraction of sp³-hybridized carbons (Fsp3) is 0.455. The molecular formula is C11H14Cl2N2O5S. The van der Waals surface area contributed by atoms with Gasteiger partial charge in [-0.25, -0.2) is 13.6 Å². The van der Waals surface area contributed by atoms with Crippen LogP contribution in [0, 0.1) is 16.0 Å². The number of benzene rings is 1. The first-order valence-corrected chi connectivity index (χ1v) is 8.38. The van der Waals surface area contributed by atoms with Gasteiger partial charge in [-0.15, -0.1) is 0 Å². The van der Waals surface area contributed by atoms with Crippen molar-refractivity contribution < 1.29 is 18.1 Å². The lowest BCUT2D eigenvalue weighted by Crippen LogP contribution is -2.26. The van der Waals surface area contributed by atoms with Crippen molar-refractivity contribution in [3.8, 4) is 5.75 Å². The van der Waals surface area contributed by atoms with Gasteiger partial charge in [0, 0.05) is 18.1 Å². The zero-order chi connectivity index (χ0) is 16.2. The van der Waals surface area contributed by atoms with Crippen LogP contribution >= 0.6 is 23.2 Å². The van der Waals surface area contributed by atoms with Crippen LogP contribution < -0.4 is 9.88 Å². The maximum Gasteiger partial charge on any atom is 0.272 e. The monoisotopic (exact) mass is 356 g/mol. The molecule has 0 amide bonds. The van der Waals surface area contributed by atoms with Crippen molar-refractivity contribution in [2.24, 2.45) is 11.1 Å². The Morgan fingerprint density at radius 3 is 2.29 bits per heavy atom. The van der Waals surface area contributed by atoms with Gasteiger partial charge in [0.25, 0.3) is 5.69 Å². The summed E-state index contributed by atoms with van der Waals surface area (Å²) in [7, 11) is -3.61. The molecule has 0 radical (unpaired) electrons. The minimum atomic E-state index is -3.61. The third-order valence-electron chi connectivity index (χ3n) is 2.70. The molecule has 1 atom stereocenters. The van der Waals surface area contributed by atoms with E-state index in [9.17, 15) is 18.5 Å². The standard InChI is InChI=1S/C11H14Cl2N2O5S/c1-2-7(6-21(14,18)19)5-20-11-9(12)3-8(15(16)17)4-10(11)13/h3-4,7H,2,5-6H2,1H3,(H2,14,18,19). The first-order valence-electron chi connectivity index (χ1n) is 5.90. The molecule has 1 aromatic carbocycles. The van der Waals surface area contributed by atoms with Crippen molar-refractivity contribution in [2.75, 3.05) is 12.4 Å². The van der Waals surface area contributed by atoms with E-state index in [2.05, 4.69) is 0 Å². The highest BCUT2D eigenvalue weighted by Crippen LogP contribution is 2.37. The zero-order valence-corrected chi connectivity index (χ0v) is 13.4. The van der Waals surface area contributed by atoms with E-state index in [4.69, 9.17) is 33.1 Å². The van der Waals surface area contributed by atoms with Crippen LogP contribution in [0.5, 0.6) is 5.75 Å². The largest absolute Gasteiger partial charge is 0.490 e. The van der Waals surface area contributed by atoms with E-state index < -0.39 is 14.9 Å². The lowest BCUT2D eigenvalue weighted by atomic mass is 10.1. The Bertz CT molecular complexity index is 612. The summed E-state index contributed by atoms with van der Waals surface area (Å²) >= 11 is 11.8. The zero-order valence-electron chi connectivity index (χ0n) is 11.1. The van der Waals surface area contributed by atoms with Gasteiger partial charge in [0.05, 0.1) is 27.3 Å². The van der Waals surface area contributed by atoms with Crippen LogP contribution in [0.4, 0.5) is 5.69 Å². The molecule has 0 aliphatic heterocycles. The number of rotatable bonds is 7. The van der Waals surface area contributed by atoms with E-state index in [1.54, 1.807) is 6.92 Å². The van der Waals surface area contributed by atoms with Crippen LogP contribution in [0.15, 0.2) is 12.1 Å². The van der Waals surface area contributed by atoms with E-state index in [0.717, 1.165) is 12.1 Å². The third-order valence-corrected chi connectivity index (χ3v) is 4.20. The van der Waals surface area contributed by atoms with Gasteiger partial charge in [-0.1, -0.05) is 30.1 Å². The molecule has 1 aromatic rings. The molecule has 0 aromatic heterocycles. The smallest absolute Gasteiger partial charge is 0.272 e. The minimum Gasteiger partial charge on any atom is -0.490 e. The van der Waals surface area contributed by atoms with Crippen LogP contribution in [0.25, 0.3) is 0 Å². The maximum absolute atomic E-state index is 11.1. The van der Waals surface area contributed by atoms with Crippen LogP contribution in [-0.4, -0.2) is 25.7 Å². The number of primary sulfonamides is 1. The molecule has 10 heteroatoms. The highest BCUT2D eigenvalue weighted by atomic mass is 35.5. The third kappa shape index (κ3) is 5.66. The molecule has 0 saturated heterocycles. The maximum atomic E-state index is 11.1. The predicted molar refractivity (Wildman–Crippen MR) is 80.4 cm³/mol. The highest BCUT2D eigenvalue weighted by Gasteiger charge is 2.19. The van der Waals surface area contributed by atoms with Crippen LogP contribution in [0.1, 0.15) is 13.3 Å². The molecule has 118 valence electrons. The molecule has 1 unspecified atom stereocenters. The van der Waals surface area contributed by atoms with E-state index in [1.165, 1.54) is 0 Å². The molecule has 0 fully saturated rings. The van der Waals surface area contributed by atoms with Gasteiger partial charge in [0.15, 0.2) is 5.75 Å². The summed E-state index contributed by atoms with van der Waals surface area (Å²) < 4.78 is 27.5. The van der Waals surface area contributed by atoms with E-state index in [-0.39, 0.29) is 39.8 Å². The van der Waals surface area contributed by atoms with Crippen molar-refractivity contribution >= 4 is 38.9 Å². The number of non-ortho nitro benzene ring substituents is 1. The summed E-state index contributed by atoms with van der Waals surface area (Å²) in [6.45, 7) is 1.82.